The van der Waals surface area contributed by atoms with E-state index in [-0.39, 0.29) is 12.6 Å². The van der Waals surface area contributed by atoms with Gasteiger partial charge in [0.05, 0.1) is 4.90 Å². The third-order valence-electron chi connectivity index (χ3n) is 3.73. The molecule has 5 nitrogen and oxygen atoms in total. The topological polar surface area (TPSA) is 69.6 Å². The molecule has 0 saturated carbocycles. The molecule has 1 heterocycles. The molecule has 0 radical (unpaired) electrons. The molecule has 1 fully saturated rings. The Balaban J connectivity index is 2.06. The number of nitrogens with one attached hydrogen (secondary N) is 1. The molecule has 118 valence electrons. The smallest absolute Gasteiger partial charge is 0.240 e. The van der Waals surface area contributed by atoms with Gasteiger partial charge in [-0.05, 0) is 56.9 Å². The predicted molar refractivity (Wildman–Crippen MR) is 83.9 cm³/mol. The van der Waals surface area contributed by atoms with Crippen LogP contribution in [0.4, 0.5) is 5.69 Å². The second-order valence-corrected chi connectivity index (χ2v) is 7.60. The molecule has 0 aromatic heterocycles. The molecule has 1 saturated heterocycles. The average Bonchev–Trinajstić information content (AvgIpc) is 2.86. The Labute approximate surface area is 127 Å². The number of anilines is 1. The molecule has 1 aliphatic heterocycles. The zero-order chi connectivity index (χ0) is 15.5. The van der Waals surface area contributed by atoms with Gasteiger partial charge in [-0.1, -0.05) is 0 Å². The first-order valence-corrected chi connectivity index (χ1v) is 8.89. The first-order valence-electron chi connectivity index (χ1n) is 7.40. The van der Waals surface area contributed by atoms with Crippen molar-refractivity contribution >= 4 is 15.7 Å². The third-order valence-corrected chi connectivity index (χ3v) is 5.40. The summed E-state index contributed by atoms with van der Waals surface area (Å²) >= 11 is 0. The first-order chi connectivity index (χ1) is 9.92. The maximum absolute atomic E-state index is 12.1. The van der Waals surface area contributed by atoms with Crippen molar-refractivity contribution in [3.05, 3.63) is 24.3 Å². The molecule has 1 unspecified atom stereocenters. The highest BCUT2D eigenvalue weighted by Gasteiger charge is 2.22. The van der Waals surface area contributed by atoms with Gasteiger partial charge in [0.25, 0.3) is 0 Å². The van der Waals surface area contributed by atoms with E-state index < -0.39 is 10.0 Å². The standard InChI is InChI=1S/C15H24N2O3S/c1-12(2)16-21(19,20)15-5-3-14(4-6-15)17-9-7-13(11-17)8-10-18/h3-6,12-13,16,18H,7-11H2,1-2H3. The molecule has 1 aliphatic rings. The van der Waals surface area contributed by atoms with Crippen LogP contribution >= 0.6 is 0 Å². The number of hydrogen-bond acceptors (Lipinski definition) is 4. The van der Waals surface area contributed by atoms with Gasteiger partial charge in [0.1, 0.15) is 0 Å². The molecule has 6 heteroatoms. The summed E-state index contributed by atoms with van der Waals surface area (Å²) in [6, 6.07) is 6.90. The Morgan fingerprint density at radius 3 is 2.57 bits per heavy atom. The maximum atomic E-state index is 12.1. The van der Waals surface area contributed by atoms with Gasteiger partial charge in [0.15, 0.2) is 0 Å². The minimum atomic E-state index is -3.42. The van der Waals surface area contributed by atoms with Gasteiger partial charge >= 0.3 is 0 Å². The SMILES string of the molecule is CC(C)NS(=O)(=O)c1ccc(N2CCC(CCO)C2)cc1. The van der Waals surface area contributed by atoms with Gasteiger partial charge < -0.3 is 10.0 Å². The zero-order valence-corrected chi connectivity index (χ0v) is 13.4. The third kappa shape index (κ3) is 4.18. The van der Waals surface area contributed by atoms with Gasteiger partial charge in [0, 0.05) is 31.4 Å². The lowest BCUT2D eigenvalue weighted by molar-refractivity contribution is 0.263. The largest absolute Gasteiger partial charge is 0.396 e. The van der Waals surface area contributed by atoms with Crippen molar-refractivity contribution in [3.63, 3.8) is 0 Å². The van der Waals surface area contributed by atoms with E-state index in [1.54, 1.807) is 26.0 Å². The van der Waals surface area contributed by atoms with Crippen LogP contribution in [0.5, 0.6) is 0 Å². The number of aliphatic hydroxyl groups excluding tert-OH is 1. The van der Waals surface area contributed by atoms with E-state index in [9.17, 15) is 8.42 Å². The van der Waals surface area contributed by atoms with Crippen LogP contribution in [0.25, 0.3) is 0 Å². The molecule has 1 atom stereocenters. The van der Waals surface area contributed by atoms with E-state index in [4.69, 9.17) is 5.11 Å². The molecule has 1 aromatic rings. The van der Waals surface area contributed by atoms with Crippen LogP contribution in [0.1, 0.15) is 26.7 Å². The summed E-state index contributed by atoms with van der Waals surface area (Å²) in [6.45, 7) is 5.73. The first kappa shape index (κ1) is 16.3. The van der Waals surface area contributed by atoms with Crippen LogP contribution in [-0.2, 0) is 10.0 Å². The Morgan fingerprint density at radius 1 is 1.33 bits per heavy atom. The normalized spacial score (nSPS) is 19.4. The van der Waals surface area contributed by atoms with Crippen molar-refractivity contribution in [1.82, 2.24) is 4.72 Å². The monoisotopic (exact) mass is 312 g/mol. The Kier molecular flexibility index (Phi) is 5.24. The molecule has 0 spiro atoms. The summed E-state index contributed by atoms with van der Waals surface area (Å²) in [6.07, 6.45) is 1.91. The second kappa shape index (κ2) is 6.77. The lowest BCUT2D eigenvalue weighted by atomic mass is 10.1. The highest BCUT2D eigenvalue weighted by Crippen LogP contribution is 2.26. The summed E-state index contributed by atoms with van der Waals surface area (Å²) < 4.78 is 26.7. The summed E-state index contributed by atoms with van der Waals surface area (Å²) in [7, 11) is -3.42. The van der Waals surface area contributed by atoms with Gasteiger partial charge in [-0.25, -0.2) is 13.1 Å². The minimum absolute atomic E-state index is 0.118. The number of sulfonamides is 1. The molecular formula is C15H24N2O3S. The summed E-state index contributed by atoms with van der Waals surface area (Å²) in [5.74, 6) is 0.529. The van der Waals surface area contributed by atoms with Crippen molar-refractivity contribution in [3.8, 4) is 0 Å². The molecule has 0 aliphatic carbocycles. The van der Waals surface area contributed by atoms with E-state index in [1.165, 1.54) is 0 Å². The van der Waals surface area contributed by atoms with Crippen LogP contribution in [0.15, 0.2) is 29.2 Å². The Morgan fingerprint density at radius 2 is 2.00 bits per heavy atom. The summed E-state index contributed by atoms with van der Waals surface area (Å²) in [5.41, 5.74) is 1.04. The van der Waals surface area contributed by atoms with E-state index in [0.29, 0.717) is 10.8 Å². The zero-order valence-electron chi connectivity index (χ0n) is 12.6. The minimum Gasteiger partial charge on any atom is -0.396 e. The van der Waals surface area contributed by atoms with Crippen LogP contribution in [-0.4, -0.2) is 39.3 Å². The van der Waals surface area contributed by atoms with Crippen LogP contribution in [0.3, 0.4) is 0 Å². The number of aliphatic hydroxyl groups is 1. The summed E-state index contributed by atoms with van der Waals surface area (Å²) in [4.78, 5) is 2.54. The number of rotatable bonds is 6. The van der Waals surface area contributed by atoms with Crippen molar-refractivity contribution < 1.29 is 13.5 Å². The fraction of sp³-hybridized carbons (Fsp3) is 0.600. The molecule has 2 rings (SSSR count). The van der Waals surface area contributed by atoms with Crippen molar-refractivity contribution in [1.29, 1.82) is 0 Å². The number of benzene rings is 1. The van der Waals surface area contributed by atoms with E-state index in [1.807, 2.05) is 12.1 Å². The summed E-state index contributed by atoms with van der Waals surface area (Å²) in [5, 5.41) is 8.99. The second-order valence-electron chi connectivity index (χ2n) is 5.88. The van der Waals surface area contributed by atoms with Crippen LogP contribution in [0, 0.1) is 5.92 Å². The highest BCUT2D eigenvalue weighted by atomic mass is 32.2. The highest BCUT2D eigenvalue weighted by molar-refractivity contribution is 7.89. The quantitative estimate of drug-likeness (QED) is 0.837. The molecule has 1 aromatic carbocycles. The lowest BCUT2D eigenvalue weighted by Gasteiger charge is -2.19. The van der Waals surface area contributed by atoms with Gasteiger partial charge in [-0.2, -0.15) is 0 Å². The average molecular weight is 312 g/mol. The van der Waals surface area contributed by atoms with Crippen LogP contribution in [0.2, 0.25) is 0 Å². The van der Waals surface area contributed by atoms with Crippen LogP contribution < -0.4 is 9.62 Å². The molecular weight excluding hydrogens is 288 g/mol. The van der Waals surface area contributed by atoms with E-state index in [2.05, 4.69) is 9.62 Å². The predicted octanol–water partition coefficient (Wildman–Crippen LogP) is 1.58. The molecule has 2 N–H and O–H groups in total. The van der Waals surface area contributed by atoms with Crippen molar-refractivity contribution in [2.24, 2.45) is 5.92 Å². The molecule has 21 heavy (non-hydrogen) atoms. The lowest BCUT2D eigenvalue weighted by Crippen LogP contribution is -2.30. The fourth-order valence-corrected chi connectivity index (χ4v) is 3.95. The maximum Gasteiger partial charge on any atom is 0.240 e. The molecule has 0 bridgehead atoms. The van der Waals surface area contributed by atoms with Gasteiger partial charge in [0.2, 0.25) is 10.0 Å². The molecule has 0 amide bonds. The van der Waals surface area contributed by atoms with Crippen molar-refractivity contribution in [2.45, 2.75) is 37.6 Å². The Bertz CT molecular complexity index is 555. The number of hydrogen-bond donors (Lipinski definition) is 2. The number of nitrogens with zero attached hydrogens (tertiary/aromatic N) is 1. The Hall–Kier alpha value is -1.11. The van der Waals surface area contributed by atoms with E-state index >= 15 is 0 Å². The van der Waals surface area contributed by atoms with Crippen molar-refractivity contribution in [2.75, 3.05) is 24.6 Å². The fourth-order valence-electron chi connectivity index (χ4n) is 2.70. The van der Waals surface area contributed by atoms with Gasteiger partial charge in [-0.15, -0.1) is 0 Å². The van der Waals surface area contributed by atoms with E-state index in [0.717, 1.165) is 31.6 Å². The van der Waals surface area contributed by atoms with Gasteiger partial charge in [-0.3, -0.25) is 0 Å².